The summed E-state index contributed by atoms with van der Waals surface area (Å²) in [6.07, 6.45) is 3.15. The van der Waals surface area contributed by atoms with E-state index >= 15 is 0 Å². The summed E-state index contributed by atoms with van der Waals surface area (Å²) >= 11 is 1.70. The van der Waals surface area contributed by atoms with E-state index in [2.05, 4.69) is 31.4 Å². The van der Waals surface area contributed by atoms with Gasteiger partial charge in [0.1, 0.15) is 0 Å². The van der Waals surface area contributed by atoms with Crippen LogP contribution >= 0.6 is 11.3 Å². The van der Waals surface area contributed by atoms with Gasteiger partial charge in [-0.2, -0.15) is 9.40 Å². The summed E-state index contributed by atoms with van der Waals surface area (Å²) in [5.41, 5.74) is 7.93. The first-order valence-electron chi connectivity index (χ1n) is 14.6. The Morgan fingerprint density at radius 1 is 1.12 bits per heavy atom. The number of nitrogens with two attached hydrogens (primary N) is 1. The highest BCUT2D eigenvalue weighted by molar-refractivity contribution is 7.88. The van der Waals surface area contributed by atoms with Crippen molar-refractivity contribution < 1.29 is 17.9 Å². The molecule has 3 aromatic heterocycles. The maximum Gasteiger partial charge on any atom is 0.217 e. The highest BCUT2D eigenvalue weighted by atomic mass is 32.2. The molecule has 6 rings (SSSR count). The average molecular weight is 628 g/mol. The van der Waals surface area contributed by atoms with Crippen molar-refractivity contribution in [3.8, 4) is 11.4 Å². The monoisotopic (exact) mass is 627 g/mol. The zero-order valence-corrected chi connectivity index (χ0v) is 25.8. The molecule has 0 atom stereocenters. The molecule has 15 heteroatoms. The number of hydrogen-bond acceptors (Lipinski definition) is 11. The van der Waals surface area contributed by atoms with Gasteiger partial charge in [0.25, 0.3) is 0 Å². The number of fused-ring (bicyclic) bond motifs is 2. The molecule has 2 aliphatic heterocycles. The highest BCUT2D eigenvalue weighted by Gasteiger charge is 2.25. The summed E-state index contributed by atoms with van der Waals surface area (Å²) in [5, 5.41) is 12.0. The first kappa shape index (κ1) is 29.7. The third kappa shape index (κ3) is 6.75. The number of benzene rings is 1. The lowest BCUT2D eigenvalue weighted by atomic mass is 10.1. The molecule has 0 unspecified atom stereocenters. The minimum Gasteiger partial charge on any atom is -0.378 e. The van der Waals surface area contributed by atoms with Crippen LogP contribution in [0.15, 0.2) is 24.3 Å². The minimum absolute atomic E-state index is 0.290. The van der Waals surface area contributed by atoms with E-state index in [1.54, 1.807) is 15.6 Å². The van der Waals surface area contributed by atoms with Crippen molar-refractivity contribution in [2.24, 2.45) is 5.73 Å². The van der Waals surface area contributed by atoms with E-state index in [0.29, 0.717) is 64.6 Å². The second kappa shape index (κ2) is 12.7. The Bertz CT molecular complexity index is 1710. The molecule has 1 amide bonds. The van der Waals surface area contributed by atoms with Crippen LogP contribution in [0.25, 0.3) is 32.5 Å². The molecule has 0 radical (unpaired) electrons. The Kier molecular flexibility index (Phi) is 8.77. The van der Waals surface area contributed by atoms with Gasteiger partial charge < -0.3 is 20.7 Å². The number of aromatic nitrogens is 4. The number of ether oxygens (including phenoxy) is 1. The fourth-order valence-electron chi connectivity index (χ4n) is 5.61. The van der Waals surface area contributed by atoms with Crippen molar-refractivity contribution in [2.75, 3.05) is 75.5 Å². The number of anilines is 2. The van der Waals surface area contributed by atoms with Gasteiger partial charge in [-0.15, -0.1) is 11.3 Å². The molecule has 2 fully saturated rings. The van der Waals surface area contributed by atoms with Crippen LogP contribution in [-0.2, 0) is 26.1 Å². The number of thiophene rings is 1. The summed E-state index contributed by atoms with van der Waals surface area (Å²) in [7, 11) is -3.17. The van der Waals surface area contributed by atoms with Crippen LogP contribution in [-0.4, -0.2) is 109 Å². The van der Waals surface area contributed by atoms with E-state index in [0.717, 1.165) is 64.4 Å². The zero-order chi connectivity index (χ0) is 30.0. The van der Waals surface area contributed by atoms with E-state index in [1.807, 2.05) is 18.2 Å². The van der Waals surface area contributed by atoms with Crippen LogP contribution in [0.3, 0.4) is 0 Å². The van der Waals surface area contributed by atoms with Crippen LogP contribution in [0.5, 0.6) is 0 Å². The van der Waals surface area contributed by atoms with Gasteiger partial charge >= 0.3 is 0 Å². The molecule has 5 heterocycles. The predicted octanol–water partition coefficient (Wildman–Crippen LogP) is 2.22. The SMILES string of the molecule is CS(=O)(=O)N1CCN(Cc2cc3nc(-c4cccc5[nH]nc(NCCCCC(N)=O)c45)nc(N4CCOCC4)c3s2)CC1. The largest absolute Gasteiger partial charge is 0.378 e. The molecule has 2 saturated heterocycles. The topological polar surface area (TPSA) is 163 Å². The summed E-state index contributed by atoms with van der Waals surface area (Å²) in [6.45, 7) is 6.57. The van der Waals surface area contributed by atoms with Crippen molar-refractivity contribution in [1.29, 1.82) is 0 Å². The van der Waals surface area contributed by atoms with Gasteiger partial charge in [0, 0.05) is 69.2 Å². The molecule has 13 nitrogen and oxygen atoms in total. The molecule has 0 bridgehead atoms. The molecule has 0 aliphatic carbocycles. The van der Waals surface area contributed by atoms with Crippen LogP contribution in [0.2, 0.25) is 0 Å². The van der Waals surface area contributed by atoms with Gasteiger partial charge in [0.15, 0.2) is 17.5 Å². The van der Waals surface area contributed by atoms with Gasteiger partial charge in [0.2, 0.25) is 15.9 Å². The number of rotatable bonds is 11. The fourth-order valence-corrected chi connectivity index (χ4v) is 7.59. The van der Waals surface area contributed by atoms with Gasteiger partial charge in [0.05, 0.1) is 40.6 Å². The van der Waals surface area contributed by atoms with Crippen LogP contribution < -0.4 is 16.0 Å². The number of H-pyrrole nitrogens is 1. The molecular formula is C28H37N9O4S2. The Hall–Kier alpha value is -3.37. The maximum atomic E-state index is 11.9. The average Bonchev–Trinajstić information content (AvgIpc) is 3.60. The van der Waals surface area contributed by atoms with Crippen molar-refractivity contribution in [3.05, 3.63) is 29.1 Å². The molecular weight excluding hydrogens is 591 g/mol. The Morgan fingerprint density at radius 3 is 2.65 bits per heavy atom. The van der Waals surface area contributed by atoms with E-state index in [-0.39, 0.29) is 5.91 Å². The molecule has 2 aliphatic rings. The molecule has 0 saturated carbocycles. The molecule has 230 valence electrons. The Morgan fingerprint density at radius 2 is 1.91 bits per heavy atom. The maximum absolute atomic E-state index is 11.9. The van der Waals surface area contributed by atoms with Gasteiger partial charge in [-0.1, -0.05) is 12.1 Å². The number of aromatic amines is 1. The summed E-state index contributed by atoms with van der Waals surface area (Å²) in [4.78, 5) is 27.1. The normalized spacial score (nSPS) is 17.2. The first-order valence-corrected chi connectivity index (χ1v) is 17.2. The molecule has 43 heavy (non-hydrogen) atoms. The van der Waals surface area contributed by atoms with Crippen molar-refractivity contribution >= 4 is 60.0 Å². The van der Waals surface area contributed by atoms with Gasteiger partial charge in [-0.3, -0.25) is 14.8 Å². The van der Waals surface area contributed by atoms with Crippen molar-refractivity contribution in [1.82, 2.24) is 29.4 Å². The lowest BCUT2D eigenvalue weighted by Crippen LogP contribution is -2.47. The predicted molar refractivity (Wildman–Crippen MR) is 169 cm³/mol. The summed E-state index contributed by atoms with van der Waals surface area (Å²) in [6, 6.07) is 8.13. The number of nitrogens with one attached hydrogen (secondary N) is 2. The quantitative estimate of drug-likeness (QED) is 0.210. The number of carbonyl (C=O) groups is 1. The molecule has 1 aromatic carbocycles. The number of hydrogen-bond donors (Lipinski definition) is 3. The smallest absolute Gasteiger partial charge is 0.217 e. The van der Waals surface area contributed by atoms with Crippen molar-refractivity contribution in [2.45, 2.75) is 25.8 Å². The van der Waals surface area contributed by atoms with E-state index in [1.165, 1.54) is 11.1 Å². The highest BCUT2D eigenvalue weighted by Crippen LogP contribution is 2.37. The van der Waals surface area contributed by atoms with E-state index in [4.69, 9.17) is 20.4 Å². The summed E-state index contributed by atoms with van der Waals surface area (Å²) in [5.74, 6) is 1.97. The van der Waals surface area contributed by atoms with E-state index in [9.17, 15) is 13.2 Å². The number of piperazine rings is 1. The second-order valence-corrected chi connectivity index (χ2v) is 14.1. The fraction of sp³-hybridized carbons (Fsp3) is 0.500. The third-order valence-corrected chi connectivity index (χ3v) is 10.3. The van der Waals surface area contributed by atoms with Crippen LogP contribution in [0.4, 0.5) is 11.6 Å². The lowest BCUT2D eigenvalue weighted by Gasteiger charge is -2.32. The number of carbonyl (C=O) groups excluding carboxylic acids is 1. The lowest BCUT2D eigenvalue weighted by molar-refractivity contribution is -0.118. The standard InChI is InChI=1S/C28H37N9O4S2/c1-43(39,40)37-11-9-35(10-12-37)18-19-17-22-25(42-19)28(36-13-15-41-16-14-36)32-26(31-22)20-5-4-6-21-24(20)27(34-33-21)30-8-3-2-7-23(29)38/h4-6,17H,2-3,7-16,18H2,1H3,(H2,29,38)(H2,30,33,34). The second-order valence-electron chi connectivity index (χ2n) is 11.0. The molecule has 0 spiro atoms. The molecule has 4 N–H and O–H groups in total. The number of primary amides is 1. The van der Waals surface area contributed by atoms with E-state index < -0.39 is 10.0 Å². The Balaban J connectivity index is 1.31. The van der Waals surface area contributed by atoms with Crippen LogP contribution in [0.1, 0.15) is 24.1 Å². The van der Waals surface area contributed by atoms with Gasteiger partial charge in [-0.25, -0.2) is 18.4 Å². The Labute approximate surface area is 254 Å². The van der Waals surface area contributed by atoms with Gasteiger partial charge in [-0.05, 0) is 25.0 Å². The summed E-state index contributed by atoms with van der Waals surface area (Å²) < 4.78 is 32.1. The van der Waals surface area contributed by atoms with Crippen molar-refractivity contribution in [3.63, 3.8) is 0 Å². The number of amides is 1. The molecule has 4 aromatic rings. The zero-order valence-electron chi connectivity index (χ0n) is 24.2. The van der Waals surface area contributed by atoms with Crippen LogP contribution in [0, 0.1) is 0 Å². The number of morpholine rings is 1. The first-order chi connectivity index (χ1) is 20.8. The number of sulfonamides is 1. The number of unbranched alkanes of at least 4 members (excludes halogenated alkanes) is 1. The number of nitrogens with zero attached hydrogens (tertiary/aromatic N) is 6. The third-order valence-electron chi connectivity index (χ3n) is 7.87. The minimum atomic E-state index is -3.17.